The van der Waals surface area contributed by atoms with E-state index in [0.717, 1.165) is 44.9 Å². The number of nitrogens with zero attached hydrogens (tertiary/aromatic N) is 4. The SMILES string of the molecule is c1ccc(-c2c3ccccc3c(-c3cccc(-c4nc(-c5cccc(-c6cccnc6)c5)cc(-c5ccccn5)n4)c3)c3ccccc23)cc1. The molecule has 0 spiro atoms. The summed E-state index contributed by atoms with van der Waals surface area (Å²) in [6, 6.07) is 57.2. The number of aromatic nitrogens is 4. The Labute approximate surface area is 290 Å². The number of benzene rings is 6. The van der Waals surface area contributed by atoms with Crippen molar-refractivity contribution in [2.75, 3.05) is 0 Å². The summed E-state index contributed by atoms with van der Waals surface area (Å²) in [5, 5.41) is 4.86. The van der Waals surface area contributed by atoms with Gasteiger partial charge in [0.25, 0.3) is 0 Å². The molecule has 4 nitrogen and oxygen atoms in total. The summed E-state index contributed by atoms with van der Waals surface area (Å²) in [7, 11) is 0. The fourth-order valence-corrected chi connectivity index (χ4v) is 6.93. The fourth-order valence-electron chi connectivity index (χ4n) is 6.93. The summed E-state index contributed by atoms with van der Waals surface area (Å²) in [6.07, 6.45) is 5.48. The van der Waals surface area contributed by atoms with E-state index in [1.54, 1.807) is 12.4 Å². The van der Waals surface area contributed by atoms with Crippen LogP contribution < -0.4 is 0 Å². The highest BCUT2D eigenvalue weighted by molar-refractivity contribution is 6.21. The molecule has 4 heteroatoms. The molecule has 6 aromatic carbocycles. The van der Waals surface area contributed by atoms with Crippen LogP contribution in [0.2, 0.25) is 0 Å². The van der Waals surface area contributed by atoms with Gasteiger partial charge >= 0.3 is 0 Å². The van der Waals surface area contributed by atoms with Crippen molar-refractivity contribution in [2.24, 2.45) is 0 Å². The number of hydrogen-bond donors (Lipinski definition) is 0. The van der Waals surface area contributed by atoms with E-state index in [0.29, 0.717) is 5.82 Å². The first-order chi connectivity index (χ1) is 24.8. The van der Waals surface area contributed by atoms with E-state index in [4.69, 9.17) is 9.97 Å². The van der Waals surface area contributed by atoms with E-state index >= 15 is 0 Å². The highest BCUT2D eigenvalue weighted by atomic mass is 14.9. The third-order valence-corrected chi connectivity index (χ3v) is 9.21. The monoisotopic (exact) mass is 638 g/mol. The Balaban J connectivity index is 1.24. The highest BCUT2D eigenvalue weighted by Crippen LogP contribution is 2.44. The molecule has 0 saturated heterocycles. The topological polar surface area (TPSA) is 51.6 Å². The Hall–Kier alpha value is -6.78. The third kappa shape index (κ3) is 5.39. The van der Waals surface area contributed by atoms with Crippen LogP contribution in [-0.2, 0) is 0 Å². The molecule has 234 valence electrons. The molecule has 0 bridgehead atoms. The van der Waals surface area contributed by atoms with Gasteiger partial charge in [0.15, 0.2) is 5.82 Å². The zero-order valence-electron chi connectivity index (χ0n) is 27.1. The number of fused-ring (bicyclic) bond motifs is 2. The quantitative estimate of drug-likeness (QED) is 0.170. The van der Waals surface area contributed by atoms with Crippen LogP contribution in [0.15, 0.2) is 182 Å². The second-order valence-electron chi connectivity index (χ2n) is 12.3. The average molecular weight is 639 g/mol. The molecule has 0 aliphatic rings. The molecule has 0 aliphatic carbocycles. The lowest BCUT2D eigenvalue weighted by Gasteiger charge is -2.18. The van der Waals surface area contributed by atoms with Gasteiger partial charge in [-0.15, -0.1) is 0 Å². The second kappa shape index (κ2) is 12.7. The van der Waals surface area contributed by atoms with E-state index in [-0.39, 0.29) is 0 Å². The van der Waals surface area contributed by atoms with Crippen molar-refractivity contribution in [3.8, 4) is 67.4 Å². The highest BCUT2D eigenvalue weighted by Gasteiger charge is 2.18. The molecule has 0 aliphatic heterocycles. The smallest absolute Gasteiger partial charge is 0.160 e. The van der Waals surface area contributed by atoms with Crippen LogP contribution in [-0.4, -0.2) is 19.9 Å². The molecule has 50 heavy (non-hydrogen) atoms. The standard InChI is InChI=1S/C46H30N4/c1-2-13-31(14-3-1)44-37-20-4-6-22-39(37)45(40-23-7-5-21-38(40)44)34-17-11-18-35(28-34)46-49-42(29-43(50-46)41-24-8-9-26-48-41)33-16-10-15-32(27-33)36-19-12-25-47-30-36/h1-30H. The predicted molar refractivity (Wildman–Crippen MR) is 205 cm³/mol. The van der Waals surface area contributed by atoms with Crippen LogP contribution in [0.3, 0.4) is 0 Å². The van der Waals surface area contributed by atoms with E-state index in [9.17, 15) is 0 Å². The molecule has 3 heterocycles. The molecule has 0 N–H and O–H groups in total. The van der Waals surface area contributed by atoms with Crippen molar-refractivity contribution in [1.82, 2.24) is 19.9 Å². The number of rotatable bonds is 6. The van der Waals surface area contributed by atoms with Crippen LogP contribution in [0, 0.1) is 0 Å². The lowest BCUT2D eigenvalue weighted by molar-refractivity contribution is 1.16. The van der Waals surface area contributed by atoms with Gasteiger partial charge in [0, 0.05) is 35.3 Å². The minimum absolute atomic E-state index is 0.645. The molecule has 0 unspecified atom stereocenters. The lowest BCUT2D eigenvalue weighted by atomic mass is 9.86. The largest absolute Gasteiger partial charge is 0.264 e. The van der Waals surface area contributed by atoms with Crippen LogP contribution in [0.25, 0.3) is 89.0 Å². The van der Waals surface area contributed by atoms with Crippen molar-refractivity contribution in [1.29, 1.82) is 0 Å². The molecule has 0 amide bonds. The Kier molecular flexibility index (Phi) is 7.45. The first-order valence-corrected chi connectivity index (χ1v) is 16.7. The van der Waals surface area contributed by atoms with E-state index < -0.39 is 0 Å². The zero-order chi connectivity index (χ0) is 33.3. The summed E-state index contributed by atoms with van der Waals surface area (Å²) in [6.45, 7) is 0. The van der Waals surface area contributed by atoms with Gasteiger partial charge in [-0.25, -0.2) is 9.97 Å². The Morgan fingerprint density at radius 1 is 0.320 bits per heavy atom. The third-order valence-electron chi connectivity index (χ3n) is 9.21. The Morgan fingerprint density at radius 3 is 1.56 bits per heavy atom. The van der Waals surface area contributed by atoms with E-state index in [1.165, 1.54) is 38.2 Å². The first-order valence-electron chi connectivity index (χ1n) is 16.7. The lowest BCUT2D eigenvalue weighted by Crippen LogP contribution is -1.97. The van der Waals surface area contributed by atoms with Crippen molar-refractivity contribution in [2.45, 2.75) is 0 Å². The molecular formula is C46H30N4. The molecular weight excluding hydrogens is 609 g/mol. The van der Waals surface area contributed by atoms with Crippen molar-refractivity contribution < 1.29 is 0 Å². The van der Waals surface area contributed by atoms with Crippen molar-refractivity contribution >= 4 is 21.5 Å². The van der Waals surface area contributed by atoms with Crippen LogP contribution in [0.4, 0.5) is 0 Å². The van der Waals surface area contributed by atoms with E-state index in [2.05, 4.69) is 143 Å². The second-order valence-corrected chi connectivity index (χ2v) is 12.3. The minimum Gasteiger partial charge on any atom is -0.264 e. The number of pyridine rings is 2. The van der Waals surface area contributed by atoms with Gasteiger partial charge in [0.1, 0.15) is 0 Å². The van der Waals surface area contributed by atoms with Crippen LogP contribution in [0.5, 0.6) is 0 Å². The van der Waals surface area contributed by atoms with Gasteiger partial charge in [0.05, 0.1) is 17.1 Å². The molecule has 0 fully saturated rings. The molecule has 0 radical (unpaired) electrons. The summed E-state index contributed by atoms with van der Waals surface area (Å²) in [5.41, 5.74) is 11.2. The maximum Gasteiger partial charge on any atom is 0.160 e. The van der Waals surface area contributed by atoms with Crippen molar-refractivity contribution in [3.63, 3.8) is 0 Å². The maximum atomic E-state index is 5.19. The van der Waals surface area contributed by atoms with Gasteiger partial charge in [-0.1, -0.05) is 127 Å². The summed E-state index contributed by atoms with van der Waals surface area (Å²) < 4.78 is 0. The molecule has 0 saturated carbocycles. The summed E-state index contributed by atoms with van der Waals surface area (Å²) >= 11 is 0. The first kappa shape index (κ1) is 29.4. The van der Waals surface area contributed by atoms with Gasteiger partial charge in [0.2, 0.25) is 0 Å². The normalized spacial score (nSPS) is 11.2. The maximum absolute atomic E-state index is 5.19. The van der Waals surface area contributed by atoms with Crippen LogP contribution in [0.1, 0.15) is 0 Å². The van der Waals surface area contributed by atoms with Gasteiger partial charge in [-0.3, -0.25) is 9.97 Å². The molecule has 9 aromatic rings. The van der Waals surface area contributed by atoms with Gasteiger partial charge < -0.3 is 0 Å². The summed E-state index contributed by atoms with van der Waals surface area (Å²) in [5.74, 6) is 0.645. The molecule has 9 rings (SSSR count). The zero-order valence-corrected chi connectivity index (χ0v) is 27.1. The number of hydrogen-bond acceptors (Lipinski definition) is 4. The van der Waals surface area contributed by atoms with Crippen LogP contribution >= 0.6 is 0 Å². The fraction of sp³-hybridized carbons (Fsp3) is 0. The average Bonchev–Trinajstić information content (AvgIpc) is 3.21. The summed E-state index contributed by atoms with van der Waals surface area (Å²) in [4.78, 5) is 19.3. The van der Waals surface area contributed by atoms with Crippen molar-refractivity contribution in [3.05, 3.63) is 182 Å². The Morgan fingerprint density at radius 2 is 0.880 bits per heavy atom. The van der Waals surface area contributed by atoms with E-state index in [1.807, 2.05) is 36.5 Å². The minimum atomic E-state index is 0.645. The van der Waals surface area contributed by atoms with Gasteiger partial charge in [-0.2, -0.15) is 0 Å². The molecule has 0 atom stereocenters. The predicted octanol–water partition coefficient (Wildman–Crippen LogP) is 11.6. The molecule has 3 aromatic heterocycles. The Bertz CT molecular complexity index is 2580. The van der Waals surface area contributed by atoms with Gasteiger partial charge in [-0.05, 0) is 85.8 Å².